The molecule has 13 nitrogen and oxygen atoms in total. The monoisotopic (exact) mass is 612 g/mol. The van der Waals surface area contributed by atoms with Gasteiger partial charge in [0.05, 0.1) is 13.7 Å². The molecule has 0 aliphatic carbocycles. The Kier molecular flexibility index (Phi) is 11.9. The van der Waals surface area contributed by atoms with E-state index in [2.05, 4.69) is 26.4 Å². The second-order valence-corrected chi connectivity index (χ2v) is 12.0. The standard InChI is InChI=1S/C31H44N6O7/c1-17(2)12-23-30(41)34-24(14-21-8-10-22(43-7)11-9-21)29(40)32-20(6)28(39)35-26(18(3)4)15-37(16-27(38)33-23)31(42)25-13-19(5)44-36-25/h8-11,13,17-18,20,23-24,26H,12,14-16H2,1-7H3,(H,32,40)(H,33,38)(H,34,41)(H,35,39)/t20-,23+,24+,26-/m1/s1. The zero-order valence-corrected chi connectivity index (χ0v) is 26.4. The fourth-order valence-corrected chi connectivity index (χ4v) is 4.79. The number of hydrogen-bond donors (Lipinski definition) is 4. The number of methoxy groups -OCH3 is 1. The molecule has 2 heterocycles. The SMILES string of the molecule is COc1ccc(C[C@@H]2NC(=O)[C@H](CC(C)C)NC(=O)CN(C(=O)c3cc(C)on3)C[C@H](C(C)C)NC(=O)[C@@H](C)NC2=O)cc1. The van der Waals surface area contributed by atoms with Crippen LogP contribution in [-0.2, 0) is 25.6 Å². The molecule has 0 spiro atoms. The third kappa shape index (κ3) is 9.55. The summed E-state index contributed by atoms with van der Waals surface area (Å²) in [5.41, 5.74) is 0.767. The van der Waals surface area contributed by atoms with Gasteiger partial charge in [-0.05, 0) is 49.8 Å². The highest BCUT2D eigenvalue weighted by Gasteiger charge is 2.33. The summed E-state index contributed by atoms with van der Waals surface area (Å²) in [7, 11) is 1.55. The Morgan fingerprint density at radius 2 is 1.64 bits per heavy atom. The predicted molar refractivity (Wildman–Crippen MR) is 162 cm³/mol. The van der Waals surface area contributed by atoms with Gasteiger partial charge in [0.1, 0.15) is 29.6 Å². The molecule has 5 amide bonds. The van der Waals surface area contributed by atoms with Crippen LogP contribution in [0.25, 0.3) is 0 Å². The Balaban J connectivity index is 1.98. The molecular weight excluding hydrogens is 568 g/mol. The quantitative estimate of drug-likeness (QED) is 0.363. The summed E-state index contributed by atoms with van der Waals surface area (Å²) in [6, 6.07) is 4.97. The molecule has 1 aromatic heterocycles. The van der Waals surface area contributed by atoms with Crippen LogP contribution < -0.4 is 26.0 Å². The van der Waals surface area contributed by atoms with Gasteiger partial charge in [0.25, 0.3) is 5.91 Å². The molecule has 4 atom stereocenters. The number of nitrogens with zero attached hydrogens (tertiary/aromatic N) is 2. The highest BCUT2D eigenvalue weighted by Crippen LogP contribution is 2.15. The van der Waals surface area contributed by atoms with Crippen LogP contribution in [-0.4, -0.2) is 84.0 Å². The van der Waals surface area contributed by atoms with E-state index in [1.54, 1.807) is 45.2 Å². The Morgan fingerprint density at radius 3 is 2.20 bits per heavy atom. The average molecular weight is 613 g/mol. The van der Waals surface area contributed by atoms with Gasteiger partial charge in [-0.1, -0.05) is 45.0 Å². The van der Waals surface area contributed by atoms with Crippen molar-refractivity contribution in [3.05, 3.63) is 47.3 Å². The fourth-order valence-electron chi connectivity index (χ4n) is 4.79. The molecule has 240 valence electrons. The summed E-state index contributed by atoms with van der Waals surface area (Å²) in [4.78, 5) is 68.5. The number of carbonyl (C=O) groups excluding carboxylic acids is 5. The second-order valence-electron chi connectivity index (χ2n) is 12.0. The fraction of sp³-hybridized carbons (Fsp3) is 0.548. The van der Waals surface area contributed by atoms with Gasteiger partial charge in [-0.2, -0.15) is 0 Å². The molecule has 1 fully saturated rings. The molecule has 0 saturated carbocycles. The van der Waals surface area contributed by atoms with E-state index in [4.69, 9.17) is 9.26 Å². The maximum Gasteiger partial charge on any atom is 0.276 e. The number of ether oxygens (including phenoxy) is 1. The van der Waals surface area contributed by atoms with Crippen LogP contribution >= 0.6 is 0 Å². The number of carbonyl (C=O) groups is 5. The smallest absolute Gasteiger partial charge is 0.276 e. The zero-order valence-electron chi connectivity index (χ0n) is 26.4. The molecule has 0 bridgehead atoms. The normalized spacial score (nSPS) is 22.4. The lowest BCUT2D eigenvalue weighted by molar-refractivity contribution is -0.133. The van der Waals surface area contributed by atoms with Crippen molar-refractivity contribution < 1.29 is 33.2 Å². The maximum absolute atomic E-state index is 13.6. The Bertz CT molecular complexity index is 1320. The highest BCUT2D eigenvalue weighted by molar-refractivity contribution is 5.97. The largest absolute Gasteiger partial charge is 0.497 e. The average Bonchev–Trinajstić information content (AvgIpc) is 3.40. The van der Waals surface area contributed by atoms with E-state index in [0.717, 1.165) is 5.56 Å². The Morgan fingerprint density at radius 1 is 0.977 bits per heavy atom. The van der Waals surface area contributed by atoms with Crippen molar-refractivity contribution in [3.63, 3.8) is 0 Å². The number of nitrogens with one attached hydrogen (secondary N) is 4. The van der Waals surface area contributed by atoms with Crippen LogP contribution in [0.4, 0.5) is 0 Å². The molecule has 1 aromatic carbocycles. The minimum atomic E-state index is -1.04. The van der Waals surface area contributed by atoms with Crippen LogP contribution in [0.3, 0.4) is 0 Å². The number of benzene rings is 1. The van der Waals surface area contributed by atoms with Crippen molar-refractivity contribution >= 4 is 29.5 Å². The van der Waals surface area contributed by atoms with Gasteiger partial charge in [0, 0.05) is 25.1 Å². The topological polar surface area (TPSA) is 172 Å². The zero-order chi connectivity index (χ0) is 32.6. The van der Waals surface area contributed by atoms with Gasteiger partial charge in [0.2, 0.25) is 23.6 Å². The molecule has 1 saturated heterocycles. The second kappa shape index (κ2) is 15.3. The van der Waals surface area contributed by atoms with Gasteiger partial charge in [-0.25, -0.2) is 0 Å². The van der Waals surface area contributed by atoms with Crippen LogP contribution in [0.1, 0.15) is 62.9 Å². The molecule has 0 radical (unpaired) electrons. The van der Waals surface area contributed by atoms with Crippen LogP contribution in [0, 0.1) is 18.8 Å². The van der Waals surface area contributed by atoms with Gasteiger partial charge < -0.3 is 35.4 Å². The van der Waals surface area contributed by atoms with Gasteiger partial charge >= 0.3 is 0 Å². The highest BCUT2D eigenvalue weighted by atomic mass is 16.5. The van der Waals surface area contributed by atoms with Gasteiger partial charge in [-0.3, -0.25) is 24.0 Å². The van der Waals surface area contributed by atoms with Crippen molar-refractivity contribution in [3.8, 4) is 5.75 Å². The van der Waals surface area contributed by atoms with E-state index in [1.807, 2.05) is 27.7 Å². The van der Waals surface area contributed by atoms with Crippen LogP contribution in [0.15, 0.2) is 34.9 Å². The van der Waals surface area contributed by atoms with E-state index in [0.29, 0.717) is 11.5 Å². The number of aromatic nitrogens is 1. The lowest BCUT2D eigenvalue weighted by Crippen LogP contribution is -2.57. The molecule has 3 rings (SSSR count). The van der Waals surface area contributed by atoms with E-state index in [9.17, 15) is 24.0 Å². The molecular formula is C31H44N6O7. The third-order valence-electron chi connectivity index (χ3n) is 7.36. The first kappa shape index (κ1) is 34.1. The molecule has 1 aliphatic heterocycles. The summed E-state index contributed by atoms with van der Waals surface area (Å²) >= 11 is 0. The van der Waals surface area contributed by atoms with Crippen molar-refractivity contribution in [1.82, 2.24) is 31.3 Å². The van der Waals surface area contributed by atoms with Crippen molar-refractivity contribution in [2.24, 2.45) is 11.8 Å². The summed E-state index contributed by atoms with van der Waals surface area (Å²) < 4.78 is 10.3. The minimum Gasteiger partial charge on any atom is -0.497 e. The first-order valence-electron chi connectivity index (χ1n) is 14.8. The van der Waals surface area contributed by atoms with E-state index in [1.165, 1.54) is 11.0 Å². The number of rotatable bonds is 7. The van der Waals surface area contributed by atoms with E-state index in [-0.39, 0.29) is 36.9 Å². The van der Waals surface area contributed by atoms with Crippen molar-refractivity contribution in [2.45, 2.75) is 78.6 Å². The minimum absolute atomic E-state index is 0.0144. The van der Waals surface area contributed by atoms with E-state index < -0.39 is 60.2 Å². The predicted octanol–water partition coefficient (Wildman–Crippen LogP) is 1.35. The molecule has 2 aromatic rings. The lowest BCUT2D eigenvalue weighted by atomic mass is 10.0. The van der Waals surface area contributed by atoms with Crippen LogP contribution in [0.2, 0.25) is 0 Å². The molecule has 44 heavy (non-hydrogen) atoms. The first-order chi connectivity index (χ1) is 20.8. The number of amides is 5. The summed E-state index contributed by atoms with van der Waals surface area (Å²) in [5, 5.41) is 15.0. The Hall–Kier alpha value is -4.42. The summed E-state index contributed by atoms with van der Waals surface area (Å²) in [6.07, 6.45) is 0.419. The third-order valence-corrected chi connectivity index (χ3v) is 7.36. The summed E-state index contributed by atoms with van der Waals surface area (Å²) in [5.74, 6) is -1.79. The van der Waals surface area contributed by atoms with Gasteiger partial charge in [0.15, 0.2) is 5.69 Å². The maximum atomic E-state index is 13.6. The van der Waals surface area contributed by atoms with Crippen molar-refractivity contribution in [2.75, 3.05) is 20.2 Å². The Labute approximate surface area is 257 Å². The molecule has 0 unspecified atom stereocenters. The molecule has 4 N–H and O–H groups in total. The van der Waals surface area contributed by atoms with E-state index >= 15 is 0 Å². The molecule has 1 aliphatic rings. The van der Waals surface area contributed by atoms with Crippen molar-refractivity contribution in [1.29, 1.82) is 0 Å². The summed E-state index contributed by atoms with van der Waals surface area (Å²) in [6.45, 7) is 10.3. The number of aryl methyl sites for hydroxylation is 1. The first-order valence-corrected chi connectivity index (χ1v) is 14.8. The van der Waals surface area contributed by atoms with Gasteiger partial charge in [-0.15, -0.1) is 0 Å². The molecule has 13 heteroatoms. The lowest BCUT2D eigenvalue weighted by Gasteiger charge is -2.30. The number of hydrogen-bond acceptors (Lipinski definition) is 8. The van der Waals surface area contributed by atoms with Crippen LogP contribution in [0.5, 0.6) is 5.75 Å².